The number of methoxy groups -OCH3 is 1. The Hall–Kier alpha value is -1.40. The van der Waals surface area contributed by atoms with E-state index in [1.807, 2.05) is 13.0 Å². The van der Waals surface area contributed by atoms with Crippen LogP contribution in [0.3, 0.4) is 0 Å². The van der Waals surface area contributed by atoms with Crippen molar-refractivity contribution in [3.05, 3.63) is 44.3 Å². The highest BCUT2D eigenvalue weighted by Gasteiger charge is 2.12. The highest BCUT2D eigenvalue weighted by atomic mass is 79.9. The number of carbonyl (C=O) groups excluding carboxylic acids is 1. The number of aryl methyl sites for hydroxylation is 1. The van der Waals surface area contributed by atoms with Gasteiger partial charge in [-0.3, -0.25) is 4.79 Å². The van der Waals surface area contributed by atoms with Crippen LogP contribution < -0.4 is 10.1 Å². The molecule has 0 aliphatic heterocycles. The van der Waals surface area contributed by atoms with Gasteiger partial charge in [-0.15, -0.1) is 11.3 Å². The normalized spacial score (nSPS) is 10.3. The molecular weight excluding hydrogens is 328 g/mol. The van der Waals surface area contributed by atoms with E-state index < -0.39 is 0 Å². The lowest BCUT2D eigenvalue weighted by atomic mass is 10.2. The molecule has 1 N–H and O–H groups in total. The van der Waals surface area contributed by atoms with Crippen LogP contribution in [0.1, 0.15) is 20.2 Å². The van der Waals surface area contributed by atoms with E-state index in [2.05, 4.69) is 26.2 Å². The molecule has 2 rings (SSSR count). The van der Waals surface area contributed by atoms with E-state index in [-0.39, 0.29) is 5.91 Å². The van der Waals surface area contributed by atoms with Crippen LogP contribution in [0, 0.1) is 6.92 Å². The van der Waals surface area contributed by atoms with Gasteiger partial charge in [-0.05, 0) is 25.1 Å². The van der Waals surface area contributed by atoms with Crippen molar-refractivity contribution in [3.63, 3.8) is 0 Å². The van der Waals surface area contributed by atoms with Gasteiger partial charge in [0, 0.05) is 15.5 Å². The van der Waals surface area contributed by atoms with Crippen LogP contribution in [0.15, 0.2) is 28.9 Å². The molecule has 1 heterocycles. The second-order valence-electron chi connectivity index (χ2n) is 3.89. The number of nitrogens with zero attached hydrogens (tertiary/aromatic N) is 1. The minimum atomic E-state index is -0.169. The van der Waals surface area contributed by atoms with Gasteiger partial charge >= 0.3 is 0 Å². The molecule has 0 aliphatic carbocycles. The molecule has 1 aromatic heterocycles. The zero-order valence-corrected chi connectivity index (χ0v) is 13.0. The fourth-order valence-electron chi connectivity index (χ4n) is 1.59. The average Bonchev–Trinajstić information content (AvgIpc) is 2.81. The summed E-state index contributed by atoms with van der Waals surface area (Å²) >= 11 is 4.92. The van der Waals surface area contributed by atoms with E-state index >= 15 is 0 Å². The van der Waals surface area contributed by atoms with Crippen molar-refractivity contribution in [2.24, 2.45) is 0 Å². The Morgan fingerprint density at radius 1 is 1.53 bits per heavy atom. The zero-order valence-electron chi connectivity index (χ0n) is 10.6. The highest BCUT2D eigenvalue weighted by molar-refractivity contribution is 9.10. The third-order valence-corrected chi connectivity index (χ3v) is 3.88. The SMILES string of the molecule is COc1cc(Br)ccc1C(=O)NCc1ncc(C)s1. The fraction of sp³-hybridized carbons (Fsp3) is 0.231. The van der Waals surface area contributed by atoms with E-state index in [0.717, 1.165) is 14.4 Å². The Bertz CT molecular complexity index is 598. The van der Waals surface area contributed by atoms with Crippen molar-refractivity contribution in [2.45, 2.75) is 13.5 Å². The first-order chi connectivity index (χ1) is 9.10. The quantitative estimate of drug-likeness (QED) is 0.929. The van der Waals surface area contributed by atoms with Crippen LogP contribution in [-0.2, 0) is 6.54 Å². The monoisotopic (exact) mass is 340 g/mol. The van der Waals surface area contributed by atoms with Crippen LogP contribution in [0.2, 0.25) is 0 Å². The number of benzene rings is 1. The summed E-state index contributed by atoms with van der Waals surface area (Å²) in [5.41, 5.74) is 0.513. The van der Waals surface area contributed by atoms with E-state index in [0.29, 0.717) is 17.9 Å². The first-order valence-corrected chi connectivity index (χ1v) is 7.24. The topological polar surface area (TPSA) is 51.2 Å². The number of hydrogen-bond donors (Lipinski definition) is 1. The molecule has 1 amide bonds. The number of hydrogen-bond acceptors (Lipinski definition) is 4. The predicted molar refractivity (Wildman–Crippen MR) is 78.7 cm³/mol. The molecule has 0 bridgehead atoms. The Balaban J connectivity index is 2.07. The molecule has 0 fully saturated rings. The molecule has 0 atom stereocenters. The van der Waals surface area contributed by atoms with E-state index in [1.54, 1.807) is 36.8 Å². The van der Waals surface area contributed by atoms with Gasteiger partial charge < -0.3 is 10.1 Å². The van der Waals surface area contributed by atoms with Crippen molar-refractivity contribution < 1.29 is 9.53 Å². The third kappa shape index (κ3) is 3.54. The standard InChI is InChI=1S/C13H13BrN2O2S/c1-8-6-15-12(19-8)7-16-13(17)10-4-3-9(14)5-11(10)18-2/h3-6H,7H2,1-2H3,(H,16,17). The number of halogens is 1. The van der Waals surface area contributed by atoms with Crippen LogP contribution >= 0.6 is 27.3 Å². The summed E-state index contributed by atoms with van der Waals surface area (Å²) in [4.78, 5) is 17.4. The van der Waals surface area contributed by atoms with E-state index in [9.17, 15) is 4.79 Å². The zero-order chi connectivity index (χ0) is 13.8. The Morgan fingerprint density at radius 3 is 2.95 bits per heavy atom. The van der Waals surface area contributed by atoms with E-state index in [4.69, 9.17) is 4.74 Å². The second-order valence-corrected chi connectivity index (χ2v) is 6.13. The van der Waals surface area contributed by atoms with Gasteiger partial charge in [0.15, 0.2) is 0 Å². The largest absolute Gasteiger partial charge is 0.496 e. The molecule has 100 valence electrons. The fourth-order valence-corrected chi connectivity index (χ4v) is 2.65. The van der Waals surface area contributed by atoms with Crippen LogP contribution in [0.4, 0.5) is 0 Å². The number of nitrogens with one attached hydrogen (secondary N) is 1. The van der Waals surface area contributed by atoms with Gasteiger partial charge in [0.2, 0.25) is 0 Å². The van der Waals surface area contributed by atoms with Gasteiger partial charge in [0.05, 0.1) is 19.2 Å². The lowest BCUT2D eigenvalue weighted by molar-refractivity contribution is 0.0948. The molecular formula is C13H13BrN2O2S. The summed E-state index contributed by atoms with van der Waals surface area (Å²) < 4.78 is 6.07. The molecule has 19 heavy (non-hydrogen) atoms. The lowest BCUT2D eigenvalue weighted by Crippen LogP contribution is -2.23. The van der Waals surface area contributed by atoms with Crippen LogP contribution in [-0.4, -0.2) is 18.0 Å². The van der Waals surface area contributed by atoms with Gasteiger partial charge in [-0.25, -0.2) is 4.98 Å². The van der Waals surface area contributed by atoms with Crippen LogP contribution in [0.25, 0.3) is 0 Å². The first-order valence-electron chi connectivity index (χ1n) is 5.63. The van der Waals surface area contributed by atoms with E-state index in [1.165, 1.54) is 0 Å². The number of carbonyl (C=O) groups is 1. The third-order valence-electron chi connectivity index (χ3n) is 2.48. The highest BCUT2D eigenvalue weighted by Crippen LogP contribution is 2.23. The molecule has 2 aromatic rings. The molecule has 0 saturated heterocycles. The molecule has 6 heteroatoms. The summed E-state index contributed by atoms with van der Waals surface area (Å²) in [7, 11) is 1.54. The molecule has 0 spiro atoms. The molecule has 0 unspecified atom stereocenters. The van der Waals surface area contributed by atoms with Gasteiger partial charge in [0.25, 0.3) is 5.91 Å². The molecule has 0 radical (unpaired) electrons. The average molecular weight is 341 g/mol. The molecule has 4 nitrogen and oxygen atoms in total. The maximum atomic E-state index is 12.1. The maximum Gasteiger partial charge on any atom is 0.255 e. The van der Waals surface area contributed by atoms with Gasteiger partial charge in [0.1, 0.15) is 10.8 Å². The minimum Gasteiger partial charge on any atom is -0.496 e. The number of amides is 1. The Labute approximate surface area is 124 Å². The molecule has 0 saturated carbocycles. The van der Waals surface area contributed by atoms with Crippen molar-refractivity contribution >= 4 is 33.2 Å². The summed E-state index contributed by atoms with van der Waals surface area (Å²) in [5, 5.41) is 3.73. The number of rotatable bonds is 4. The first kappa shape index (κ1) is 14.0. The number of thiazole rings is 1. The smallest absolute Gasteiger partial charge is 0.255 e. The second kappa shape index (κ2) is 6.16. The number of aromatic nitrogens is 1. The van der Waals surface area contributed by atoms with Gasteiger partial charge in [-0.2, -0.15) is 0 Å². The van der Waals surface area contributed by atoms with Gasteiger partial charge in [-0.1, -0.05) is 15.9 Å². The molecule has 1 aromatic carbocycles. The Kier molecular flexibility index (Phi) is 4.55. The minimum absolute atomic E-state index is 0.169. The van der Waals surface area contributed by atoms with Crippen molar-refractivity contribution in [3.8, 4) is 5.75 Å². The summed E-state index contributed by atoms with van der Waals surface area (Å²) in [6, 6.07) is 5.30. The van der Waals surface area contributed by atoms with Crippen molar-refractivity contribution in [1.82, 2.24) is 10.3 Å². The van der Waals surface area contributed by atoms with Crippen molar-refractivity contribution in [2.75, 3.05) is 7.11 Å². The summed E-state index contributed by atoms with van der Waals surface area (Å²) in [5.74, 6) is 0.374. The molecule has 0 aliphatic rings. The summed E-state index contributed by atoms with van der Waals surface area (Å²) in [6.45, 7) is 2.41. The summed E-state index contributed by atoms with van der Waals surface area (Å²) in [6.07, 6.45) is 1.80. The van der Waals surface area contributed by atoms with Crippen LogP contribution in [0.5, 0.6) is 5.75 Å². The Morgan fingerprint density at radius 2 is 2.32 bits per heavy atom. The lowest BCUT2D eigenvalue weighted by Gasteiger charge is -2.08. The number of ether oxygens (including phenoxy) is 1. The predicted octanol–water partition coefficient (Wildman–Crippen LogP) is 3.15. The van der Waals surface area contributed by atoms with Crippen molar-refractivity contribution in [1.29, 1.82) is 0 Å². The maximum absolute atomic E-state index is 12.1.